The summed E-state index contributed by atoms with van der Waals surface area (Å²) in [6, 6.07) is 1.82. The van der Waals surface area contributed by atoms with Gasteiger partial charge in [0.1, 0.15) is 0 Å². The van der Waals surface area contributed by atoms with Crippen LogP contribution < -0.4 is 0 Å². The second kappa shape index (κ2) is 12.1. The standard InChI is InChI=1S/C26H21Cl2F5N4O4/c27-17-9-34-10-18(28)22(17)21(38)12-36(11-13-1-6-19(29)20(30)7-13)24(39)16-8-35-37(23(16)26(31,32)33)15-4-2-14(3-5-15)25(40)41/h1,6-10,14-15H,2-5,11-12H2,(H,40,41). The average molecular weight is 619 g/mol. The molecule has 1 amide bonds. The van der Waals surface area contributed by atoms with Crippen LogP contribution in [0.5, 0.6) is 0 Å². The molecule has 1 aromatic carbocycles. The number of nitrogens with zero attached hydrogens (tertiary/aromatic N) is 4. The summed E-state index contributed by atoms with van der Waals surface area (Å²) in [5.74, 6) is -6.28. The number of alkyl halides is 3. The van der Waals surface area contributed by atoms with Crippen LogP contribution in [0.4, 0.5) is 22.0 Å². The predicted molar refractivity (Wildman–Crippen MR) is 136 cm³/mol. The van der Waals surface area contributed by atoms with E-state index < -0.39 is 71.8 Å². The zero-order valence-corrected chi connectivity index (χ0v) is 22.5. The highest BCUT2D eigenvalue weighted by molar-refractivity contribution is 6.39. The topological polar surface area (TPSA) is 105 Å². The van der Waals surface area contributed by atoms with Crippen LogP contribution in [0.1, 0.15) is 63.7 Å². The van der Waals surface area contributed by atoms with Crippen LogP contribution in [-0.4, -0.2) is 49.0 Å². The number of halogens is 7. The lowest BCUT2D eigenvalue weighted by Crippen LogP contribution is -2.37. The van der Waals surface area contributed by atoms with Crippen LogP contribution in [0.15, 0.2) is 36.8 Å². The third kappa shape index (κ3) is 6.67. The lowest BCUT2D eigenvalue weighted by Gasteiger charge is -2.28. The van der Waals surface area contributed by atoms with E-state index in [1.54, 1.807) is 0 Å². The molecule has 3 aromatic rings. The average Bonchev–Trinajstić information content (AvgIpc) is 3.36. The number of hydrogen-bond acceptors (Lipinski definition) is 5. The van der Waals surface area contributed by atoms with Crippen molar-refractivity contribution in [3.8, 4) is 0 Å². The molecule has 0 unspecified atom stereocenters. The SMILES string of the molecule is O=C(CN(Cc1ccc(F)c(F)c1)C(=O)c1cnn(C2CCC(C(=O)O)CC2)c1C(F)(F)F)c1c(Cl)cncc1Cl. The quantitative estimate of drug-likeness (QED) is 0.237. The summed E-state index contributed by atoms with van der Waals surface area (Å²) in [4.78, 5) is 42.5. The van der Waals surface area contributed by atoms with Gasteiger partial charge in [-0.15, -0.1) is 0 Å². The van der Waals surface area contributed by atoms with Crippen molar-refractivity contribution in [2.24, 2.45) is 5.92 Å². The van der Waals surface area contributed by atoms with E-state index in [-0.39, 0.29) is 46.9 Å². The van der Waals surface area contributed by atoms with Crippen molar-refractivity contribution in [3.05, 3.63) is 80.9 Å². The Balaban J connectivity index is 1.72. The Kier molecular flexibility index (Phi) is 8.97. The molecular formula is C26H21Cl2F5N4O4. The number of aliphatic carboxylic acids is 1. The maximum absolute atomic E-state index is 14.4. The first-order valence-corrected chi connectivity index (χ1v) is 13.0. The molecule has 0 aliphatic heterocycles. The first-order chi connectivity index (χ1) is 19.3. The van der Waals surface area contributed by atoms with Crippen LogP contribution in [0.3, 0.4) is 0 Å². The van der Waals surface area contributed by atoms with Crippen LogP contribution in [0, 0.1) is 17.6 Å². The molecule has 4 rings (SSSR count). The minimum absolute atomic E-state index is 0.00934. The van der Waals surface area contributed by atoms with Gasteiger partial charge in [0.2, 0.25) is 0 Å². The third-order valence-electron chi connectivity index (χ3n) is 6.80. The molecule has 1 aliphatic carbocycles. The van der Waals surface area contributed by atoms with E-state index in [1.807, 2.05) is 0 Å². The normalized spacial score (nSPS) is 17.3. The fourth-order valence-electron chi connectivity index (χ4n) is 4.80. The van der Waals surface area contributed by atoms with Crippen molar-refractivity contribution in [2.75, 3.05) is 6.54 Å². The van der Waals surface area contributed by atoms with Gasteiger partial charge in [0.25, 0.3) is 5.91 Å². The molecule has 218 valence electrons. The Morgan fingerprint density at radius 1 is 1.00 bits per heavy atom. The molecule has 0 radical (unpaired) electrons. The highest BCUT2D eigenvalue weighted by Gasteiger charge is 2.43. The molecule has 0 bridgehead atoms. The number of carboxylic acids is 1. The van der Waals surface area contributed by atoms with E-state index in [0.29, 0.717) is 4.68 Å². The number of benzene rings is 1. The van der Waals surface area contributed by atoms with E-state index in [1.165, 1.54) is 0 Å². The fraction of sp³-hybridized carbons (Fsp3) is 0.346. The first-order valence-electron chi connectivity index (χ1n) is 12.2. The fourth-order valence-corrected chi connectivity index (χ4v) is 5.38. The van der Waals surface area contributed by atoms with Gasteiger partial charge in [-0.05, 0) is 43.4 Å². The molecular weight excluding hydrogens is 598 g/mol. The molecule has 1 aliphatic rings. The monoisotopic (exact) mass is 618 g/mol. The van der Waals surface area contributed by atoms with Crippen LogP contribution in [0.2, 0.25) is 10.0 Å². The zero-order valence-electron chi connectivity index (χ0n) is 21.0. The molecule has 2 heterocycles. The van der Waals surface area contributed by atoms with Gasteiger partial charge in [-0.2, -0.15) is 18.3 Å². The van der Waals surface area contributed by atoms with E-state index in [0.717, 1.165) is 41.7 Å². The van der Waals surface area contributed by atoms with Crippen molar-refractivity contribution in [1.82, 2.24) is 19.7 Å². The van der Waals surface area contributed by atoms with Gasteiger partial charge in [0.05, 0.1) is 45.9 Å². The highest BCUT2D eigenvalue weighted by Crippen LogP contribution is 2.39. The molecule has 15 heteroatoms. The number of hydrogen-bond donors (Lipinski definition) is 1. The molecule has 1 fully saturated rings. The van der Waals surface area contributed by atoms with Crippen molar-refractivity contribution < 1.29 is 41.4 Å². The minimum Gasteiger partial charge on any atom is -0.481 e. The van der Waals surface area contributed by atoms with Gasteiger partial charge >= 0.3 is 12.1 Å². The molecule has 1 saturated carbocycles. The second-order valence-corrected chi connectivity index (χ2v) is 10.3. The highest BCUT2D eigenvalue weighted by atomic mass is 35.5. The Morgan fingerprint density at radius 2 is 1.63 bits per heavy atom. The summed E-state index contributed by atoms with van der Waals surface area (Å²) in [6.07, 6.45) is -1.66. The summed E-state index contributed by atoms with van der Waals surface area (Å²) in [5.41, 5.74) is -2.48. The minimum atomic E-state index is -5.06. The Labute approximate surface area is 239 Å². The van der Waals surface area contributed by atoms with Gasteiger partial charge in [0, 0.05) is 18.9 Å². The van der Waals surface area contributed by atoms with E-state index in [4.69, 9.17) is 23.2 Å². The summed E-state index contributed by atoms with van der Waals surface area (Å²) in [7, 11) is 0. The number of carbonyl (C=O) groups excluding carboxylic acids is 2. The van der Waals surface area contributed by atoms with E-state index >= 15 is 0 Å². The first kappa shape index (κ1) is 30.4. The number of amides is 1. The number of ketones is 1. The van der Waals surface area contributed by atoms with Crippen molar-refractivity contribution in [1.29, 1.82) is 0 Å². The largest absolute Gasteiger partial charge is 0.481 e. The number of carboxylic acid groups (broad SMARTS) is 1. The molecule has 0 atom stereocenters. The number of pyridine rings is 1. The van der Waals surface area contributed by atoms with Gasteiger partial charge in [-0.25, -0.2) is 8.78 Å². The molecule has 1 N–H and O–H groups in total. The Hall–Kier alpha value is -3.58. The Bertz CT molecular complexity index is 1470. The number of rotatable bonds is 8. The van der Waals surface area contributed by atoms with Crippen LogP contribution in [-0.2, 0) is 17.5 Å². The van der Waals surface area contributed by atoms with Crippen molar-refractivity contribution in [2.45, 2.75) is 44.4 Å². The lowest BCUT2D eigenvalue weighted by atomic mass is 9.86. The van der Waals surface area contributed by atoms with Gasteiger partial charge in [-0.3, -0.25) is 24.0 Å². The van der Waals surface area contributed by atoms with Gasteiger partial charge in [0.15, 0.2) is 23.1 Å². The molecule has 41 heavy (non-hydrogen) atoms. The molecule has 0 saturated heterocycles. The van der Waals surface area contributed by atoms with Crippen molar-refractivity contribution in [3.63, 3.8) is 0 Å². The van der Waals surface area contributed by atoms with Gasteiger partial charge < -0.3 is 10.0 Å². The number of carbonyl (C=O) groups is 3. The Morgan fingerprint density at radius 3 is 2.20 bits per heavy atom. The summed E-state index contributed by atoms with van der Waals surface area (Å²) in [6.45, 7) is -1.40. The second-order valence-electron chi connectivity index (χ2n) is 9.50. The van der Waals surface area contributed by atoms with E-state index in [9.17, 15) is 41.4 Å². The molecule has 0 spiro atoms. The van der Waals surface area contributed by atoms with Crippen LogP contribution in [0.25, 0.3) is 0 Å². The number of Topliss-reactive ketones (excluding diaryl/α,β-unsaturated/α-hetero) is 1. The van der Waals surface area contributed by atoms with Gasteiger partial charge in [-0.1, -0.05) is 29.3 Å². The van der Waals surface area contributed by atoms with Crippen molar-refractivity contribution >= 4 is 40.9 Å². The van der Waals surface area contributed by atoms with E-state index in [2.05, 4.69) is 10.1 Å². The summed E-state index contributed by atoms with van der Waals surface area (Å²) >= 11 is 12.1. The number of aromatic nitrogens is 3. The summed E-state index contributed by atoms with van der Waals surface area (Å²) < 4.78 is 71.1. The smallest absolute Gasteiger partial charge is 0.433 e. The lowest BCUT2D eigenvalue weighted by molar-refractivity contribution is -0.147. The third-order valence-corrected chi connectivity index (χ3v) is 7.37. The summed E-state index contributed by atoms with van der Waals surface area (Å²) in [5, 5.41) is 12.7. The molecule has 8 nitrogen and oxygen atoms in total. The zero-order chi connectivity index (χ0) is 30.1. The molecule has 2 aromatic heterocycles. The maximum Gasteiger partial charge on any atom is 0.433 e. The maximum atomic E-state index is 14.4. The predicted octanol–water partition coefficient (Wildman–Crippen LogP) is 6.22. The van der Waals surface area contributed by atoms with Crippen LogP contribution >= 0.6 is 23.2 Å².